The molecule has 0 atom stereocenters. The van der Waals surface area contributed by atoms with Crippen molar-refractivity contribution in [3.05, 3.63) is 34.9 Å². The maximum atomic E-state index is 11.0. The number of guanidine groups is 1. The Bertz CT molecular complexity index is 478. The van der Waals surface area contributed by atoms with Crippen LogP contribution in [0.1, 0.15) is 24.8 Å². The number of ether oxygens (including phenoxy) is 1. The lowest BCUT2D eigenvalue weighted by atomic mass is 10.2. The largest absolute Gasteiger partial charge is 0.469 e. The number of unbranched alkanes of at least 4 members (excludes halogenated alkanes) is 1. The van der Waals surface area contributed by atoms with Gasteiger partial charge in [-0.1, -0.05) is 23.7 Å². The van der Waals surface area contributed by atoms with Gasteiger partial charge in [-0.15, -0.1) is 0 Å². The van der Waals surface area contributed by atoms with Gasteiger partial charge in [0.25, 0.3) is 0 Å². The Kier molecular flexibility index (Phi) is 8.28. The number of rotatable bonds is 7. The topological polar surface area (TPSA) is 62.7 Å². The molecule has 6 heteroatoms. The van der Waals surface area contributed by atoms with Crippen molar-refractivity contribution in [2.24, 2.45) is 4.99 Å². The molecule has 5 nitrogen and oxygen atoms in total. The molecule has 0 aliphatic carbocycles. The van der Waals surface area contributed by atoms with Gasteiger partial charge in [-0.25, -0.2) is 0 Å². The number of methoxy groups -OCH3 is 1. The lowest BCUT2D eigenvalue weighted by Crippen LogP contribution is -2.37. The van der Waals surface area contributed by atoms with E-state index in [1.54, 1.807) is 7.05 Å². The van der Waals surface area contributed by atoms with E-state index < -0.39 is 0 Å². The molecule has 0 spiro atoms. The van der Waals surface area contributed by atoms with Gasteiger partial charge in [0.05, 0.1) is 7.11 Å². The summed E-state index contributed by atoms with van der Waals surface area (Å²) in [6.07, 6.45) is 2.13. The van der Waals surface area contributed by atoms with E-state index in [-0.39, 0.29) is 5.97 Å². The molecule has 0 saturated carbocycles. The maximum Gasteiger partial charge on any atom is 0.305 e. The van der Waals surface area contributed by atoms with Gasteiger partial charge in [0.2, 0.25) is 0 Å². The van der Waals surface area contributed by atoms with Crippen molar-refractivity contribution in [1.82, 2.24) is 10.6 Å². The first-order chi connectivity index (χ1) is 10.2. The lowest BCUT2D eigenvalue weighted by Gasteiger charge is -2.12. The van der Waals surface area contributed by atoms with Crippen LogP contribution < -0.4 is 10.6 Å². The molecule has 0 amide bonds. The molecule has 0 aliphatic heterocycles. The van der Waals surface area contributed by atoms with Gasteiger partial charge in [-0.2, -0.15) is 0 Å². The first-order valence-electron chi connectivity index (χ1n) is 6.91. The summed E-state index contributed by atoms with van der Waals surface area (Å²) < 4.78 is 4.59. The molecule has 1 aromatic carbocycles. The Labute approximate surface area is 130 Å². The molecule has 21 heavy (non-hydrogen) atoms. The fourth-order valence-corrected chi connectivity index (χ4v) is 1.97. The van der Waals surface area contributed by atoms with E-state index in [1.807, 2.05) is 24.3 Å². The van der Waals surface area contributed by atoms with Crippen LogP contribution in [0.15, 0.2) is 29.3 Å². The lowest BCUT2D eigenvalue weighted by molar-refractivity contribution is -0.140. The molecule has 0 fully saturated rings. The van der Waals surface area contributed by atoms with E-state index in [9.17, 15) is 4.79 Å². The minimum atomic E-state index is -0.168. The summed E-state index contributed by atoms with van der Waals surface area (Å²) in [6, 6.07) is 7.68. The monoisotopic (exact) mass is 311 g/mol. The molecular weight excluding hydrogens is 290 g/mol. The van der Waals surface area contributed by atoms with Crippen LogP contribution in [0.2, 0.25) is 5.02 Å². The fraction of sp³-hybridized carbons (Fsp3) is 0.467. The number of carbonyl (C=O) groups is 1. The van der Waals surface area contributed by atoms with Gasteiger partial charge < -0.3 is 15.4 Å². The number of hydrogen-bond donors (Lipinski definition) is 2. The molecule has 0 radical (unpaired) electrons. The van der Waals surface area contributed by atoms with Crippen LogP contribution in [-0.4, -0.2) is 32.6 Å². The van der Waals surface area contributed by atoms with Crippen LogP contribution in [0.3, 0.4) is 0 Å². The van der Waals surface area contributed by atoms with E-state index in [2.05, 4.69) is 20.4 Å². The van der Waals surface area contributed by atoms with E-state index in [1.165, 1.54) is 7.11 Å². The molecule has 1 rings (SSSR count). The molecule has 0 heterocycles. The molecule has 0 saturated heterocycles. The zero-order valence-electron chi connectivity index (χ0n) is 12.5. The zero-order valence-corrected chi connectivity index (χ0v) is 13.2. The number of hydrogen-bond acceptors (Lipinski definition) is 3. The number of aliphatic imine (C=N–C) groups is 1. The first kappa shape index (κ1) is 17.3. The van der Waals surface area contributed by atoms with E-state index in [0.29, 0.717) is 13.0 Å². The molecule has 0 aliphatic rings. The van der Waals surface area contributed by atoms with Gasteiger partial charge >= 0.3 is 5.97 Å². The van der Waals surface area contributed by atoms with Crippen LogP contribution >= 0.6 is 11.6 Å². The average Bonchev–Trinajstić information content (AvgIpc) is 2.49. The smallest absolute Gasteiger partial charge is 0.305 e. The fourth-order valence-electron chi connectivity index (χ4n) is 1.76. The molecule has 0 bridgehead atoms. The number of halogens is 1. The Hall–Kier alpha value is -1.75. The summed E-state index contributed by atoms with van der Waals surface area (Å²) in [5.74, 6) is 0.562. The average molecular weight is 312 g/mol. The standard InChI is InChI=1S/C15H22ClN3O2/c1-17-15(18-9-4-3-8-14(20)21-2)19-11-12-6-5-7-13(16)10-12/h5-7,10H,3-4,8-9,11H2,1-2H3,(H2,17,18,19). The number of esters is 1. The quantitative estimate of drug-likeness (QED) is 0.351. The second kappa shape index (κ2) is 10.0. The number of carbonyl (C=O) groups excluding carboxylic acids is 1. The molecular formula is C15H22ClN3O2. The normalized spacial score (nSPS) is 11.1. The highest BCUT2D eigenvalue weighted by Crippen LogP contribution is 2.10. The SMILES string of the molecule is CN=C(NCCCCC(=O)OC)NCc1cccc(Cl)c1. The zero-order chi connectivity index (χ0) is 15.5. The van der Waals surface area contributed by atoms with E-state index in [4.69, 9.17) is 11.6 Å². The van der Waals surface area contributed by atoms with Crippen LogP contribution in [0.25, 0.3) is 0 Å². The van der Waals surface area contributed by atoms with Crippen molar-refractivity contribution in [3.8, 4) is 0 Å². The van der Waals surface area contributed by atoms with Gasteiger partial charge in [0, 0.05) is 31.6 Å². The number of nitrogens with one attached hydrogen (secondary N) is 2. The van der Waals surface area contributed by atoms with Crippen molar-refractivity contribution in [2.45, 2.75) is 25.8 Å². The Morgan fingerprint density at radius 2 is 2.14 bits per heavy atom. The van der Waals surface area contributed by atoms with Crippen LogP contribution in [0.5, 0.6) is 0 Å². The van der Waals surface area contributed by atoms with Crippen molar-refractivity contribution >= 4 is 23.5 Å². The molecule has 2 N–H and O–H groups in total. The highest BCUT2D eigenvalue weighted by molar-refractivity contribution is 6.30. The Morgan fingerprint density at radius 3 is 2.81 bits per heavy atom. The number of benzene rings is 1. The molecule has 116 valence electrons. The van der Waals surface area contributed by atoms with Crippen molar-refractivity contribution in [1.29, 1.82) is 0 Å². The summed E-state index contributed by atoms with van der Waals surface area (Å²) in [5.41, 5.74) is 1.09. The highest BCUT2D eigenvalue weighted by Gasteiger charge is 2.01. The van der Waals surface area contributed by atoms with Crippen molar-refractivity contribution < 1.29 is 9.53 Å². The summed E-state index contributed by atoms with van der Waals surface area (Å²) in [5, 5.41) is 7.13. The van der Waals surface area contributed by atoms with E-state index >= 15 is 0 Å². The maximum absolute atomic E-state index is 11.0. The predicted molar refractivity (Wildman–Crippen MR) is 85.5 cm³/mol. The second-order valence-corrected chi connectivity index (χ2v) is 4.95. The van der Waals surface area contributed by atoms with E-state index in [0.717, 1.165) is 35.9 Å². The second-order valence-electron chi connectivity index (χ2n) is 4.52. The third-order valence-corrected chi connectivity index (χ3v) is 3.14. The van der Waals surface area contributed by atoms with Gasteiger partial charge in [-0.3, -0.25) is 9.79 Å². The summed E-state index contributed by atoms with van der Waals surface area (Å²) in [4.78, 5) is 15.1. The number of nitrogens with zero attached hydrogens (tertiary/aromatic N) is 1. The van der Waals surface area contributed by atoms with Gasteiger partial charge in [0.1, 0.15) is 0 Å². The third-order valence-electron chi connectivity index (χ3n) is 2.90. The Balaban J connectivity index is 2.22. The minimum Gasteiger partial charge on any atom is -0.469 e. The van der Waals surface area contributed by atoms with Crippen LogP contribution in [0, 0.1) is 0 Å². The Morgan fingerprint density at radius 1 is 1.33 bits per heavy atom. The first-order valence-corrected chi connectivity index (χ1v) is 7.29. The molecule has 0 aromatic heterocycles. The van der Waals surface area contributed by atoms with Gasteiger partial charge in [-0.05, 0) is 30.5 Å². The van der Waals surface area contributed by atoms with Crippen molar-refractivity contribution in [2.75, 3.05) is 20.7 Å². The molecule has 1 aromatic rings. The summed E-state index contributed by atoms with van der Waals surface area (Å²) in [7, 11) is 3.13. The molecule has 0 unspecified atom stereocenters. The predicted octanol–water partition coefficient (Wildman–Crippen LogP) is 2.35. The van der Waals surface area contributed by atoms with Crippen LogP contribution in [0.4, 0.5) is 0 Å². The minimum absolute atomic E-state index is 0.168. The highest BCUT2D eigenvalue weighted by atomic mass is 35.5. The third kappa shape index (κ3) is 7.56. The van der Waals surface area contributed by atoms with Crippen LogP contribution in [-0.2, 0) is 16.1 Å². The summed E-state index contributed by atoms with van der Waals surface area (Å²) >= 11 is 5.94. The van der Waals surface area contributed by atoms with Crippen molar-refractivity contribution in [3.63, 3.8) is 0 Å². The summed E-state index contributed by atoms with van der Waals surface area (Å²) in [6.45, 7) is 1.41. The van der Waals surface area contributed by atoms with Gasteiger partial charge in [0.15, 0.2) is 5.96 Å².